The Morgan fingerprint density at radius 1 is 0.379 bits per heavy atom. The van der Waals surface area contributed by atoms with Crippen LogP contribution in [0.3, 0.4) is 0 Å². The number of likely N-dealkylation sites (tertiary alicyclic amines) is 2. The highest BCUT2D eigenvalue weighted by Gasteiger charge is 2.63. The van der Waals surface area contributed by atoms with E-state index in [0.29, 0.717) is 51.7 Å². The van der Waals surface area contributed by atoms with Gasteiger partial charge in [0, 0.05) is 72.2 Å². The SMILES string of the molecule is CC(C)(C)OC(=O)N1CCC=C1C[C@@H]1C(=O)C=C[C@@H](O[Si](c2ccccc2)(c2ccccc2)C(C)(C)C)C1(C)C.[C-]#[N+][C@@]1(C[C@@H]2C(=O)C=C[C@@H](O[Si](c3ccccc3)(c3ccccc3)C(C)(C)C)C2(C)C)CCCN1C(=O)OC(C)(C)C.[C-]#[N+][C@]1(C[C@@H]2C(=O)C=C[C@@H](O[Si](c3ccccc3)(c3ccccc3)C(C)(C)C)C2(C)C)CCCN1C(=O)OC(C)(C)C. The lowest BCUT2D eigenvalue weighted by Gasteiger charge is -2.50. The largest absolute Gasteiger partial charge is 0.444 e. The zero-order chi connectivity index (χ0) is 91.3. The van der Waals surface area contributed by atoms with Gasteiger partial charge in [-0.05, 0) is 152 Å². The Bertz CT molecular complexity index is 4630. The van der Waals surface area contributed by atoms with Gasteiger partial charge in [0.25, 0.3) is 25.0 Å². The van der Waals surface area contributed by atoms with Gasteiger partial charge in [0.05, 0.1) is 31.2 Å². The first kappa shape index (κ1) is 96.8. The van der Waals surface area contributed by atoms with Crippen LogP contribution in [0.25, 0.3) is 9.69 Å². The standard InChI is InChI=1S/2C35H46N2O4Si.C34H45NO4Si/c2*1-32(2,3)40-31(39)37-24-16-23-35(37,36-9)25-28-29(38)21-22-30(34(28,7)8)41-42(33(4,5)6,26-17-12-10-13-18-26)27-19-14-11-15-20-27;1-32(2,3)38-31(37)35-23-15-16-25(35)24-28-29(36)21-22-30(34(28,7)8)39-40(33(4,5)6,26-17-11-9-12-18-26)27-19-13-10-14-20-27/h2*10-15,17-22,28,30H,16,23-25H2,1-8H3;9-14,16-22,28,30H,15,23-24H2,1-8H3/t28-,30-,35+;28-,30-,35-;28-,30-/m111/s1. The molecule has 6 aliphatic rings. The third-order valence-electron chi connectivity index (χ3n) is 26.1. The lowest BCUT2D eigenvalue weighted by Crippen LogP contribution is -2.69. The van der Waals surface area contributed by atoms with Gasteiger partial charge in [-0.15, -0.1) is 0 Å². The van der Waals surface area contributed by atoms with Crippen molar-refractivity contribution in [3.8, 4) is 0 Å². The summed E-state index contributed by atoms with van der Waals surface area (Å²) in [5.74, 6) is -1.34. The molecular weight excluding hydrogens is 1600 g/mol. The fourth-order valence-electron chi connectivity index (χ4n) is 19.5. The Hall–Kier alpha value is -9.39. The number of rotatable bonds is 18. The van der Waals surface area contributed by atoms with Gasteiger partial charge in [-0.25, -0.2) is 37.3 Å². The van der Waals surface area contributed by atoms with Crippen molar-refractivity contribution in [3.05, 3.63) is 253 Å². The number of benzene rings is 6. The van der Waals surface area contributed by atoms with Crippen LogP contribution in [0, 0.1) is 47.1 Å². The molecule has 0 unspecified atom stereocenters. The molecule has 3 amide bonds. The maximum absolute atomic E-state index is 13.6. The summed E-state index contributed by atoms with van der Waals surface area (Å²) in [5.41, 5.74) is -5.13. The van der Waals surface area contributed by atoms with E-state index >= 15 is 0 Å². The molecule has 17 nitrogen and oxygen atoms in total. The molecule has 6 aromatic carbocycles. The number of allylic oxidation sites excluding steroid dienone is 4. The fraction of sp³-hybridized carbons (Fsp3) is 0.500. The summed E-state index contributed by atoms with van der Waals surface area (Å²) in [5, 5.41) is 6.47. The lowest BCUT2D eigenvalue weighted by atomic mass is 9.66. The summed E-state index contributed by atoms with van der Waals surface area (Å²) in [4.78, 5) is 93.1. The van der Waals surface area contributed by atoms with Crippen molar-refractivity contribution < 1.29 is 56.3 Å². The van der Waals surface area contributed by atoms with Crippen LogP contribution in [0.15, 0.2) is 230 Å². The molecule has 3 heterocycles. The van der Waals surface area contributed by atoms with Crippen molar-refractivity contribution in [1.29, 1.82) is 0 Å². The molecule has 0 aromatic heterocycles. The third-order valence-corrected chi connectivity index (χ3v) is 41.2. The van der Waals surface area contributed by atoms with E-state index in [1.54, 1.807) is 32.9 Å². The van der Waals surface area contributed by atoms with Crippen LogP contribution in [0.2, 0.25) is 15.1 Å². The van der Waals surface area contributed by atoms with Crippen molar-refractivity contribution in [3.63, 3.8) is 0 Å². The van der Waals surface area contributed by atoms with Crippen LogP contribution < -0.4 is 31.1 Å². The van der Waals surface area contributed by atoms with Crippen molar-refractivity contribution in [1.82, 2.24) is 14.7 Å². The van der Waals surface area contributed by atoms with E-state index in [0.717, 1.165) is 12.1 Å². The van der Waals surface area contributed by atoms with Crippen LogP contribution in [0.1, 0.15) is 218 Å². The number of amides is 3. The van der Waals surface area contributed by atoms with Gasteiger partial charge in [-0.2, -0.15) is 0 Å². The number of ketones is 3. The minimum absolute atomic E-state index is 0.0265. The van der Waals surface area contributed by atoms with Crippen LogP contribution in [0.4, 0.5) is 14.4 Å². The Morgan fingerprint density at radius 2 is 0.629 bits per heavy atom. The molecule has 6 aromatic rings. The van der Waals surface area contributed by atoms with Crippen molar-refractivity contribution in [2.24, 2.45) is 34.0 Å². The summed E-state index contributed by atoms with van der Waals surface area (Å²) >= 11 is 0. The molecule has 662 valence electrons. The summed E-state index contributed by atoms with van der Waals surface area (Å²) in [6.45, 7) is 67.3. The van der Waals surface area contributed by atoms with Crippen LogP contribution in [-0.4, -0.2) is 141 Å². The van der Waals surface area contributed by atoms with Crippen molar-refractivity contribution in [2.45, 2.75) is 279 Å². The number of ether oxygens (including phenoxy) is 3. The molecule has 0 spiro atoms. The fourth-order valence-corrected chi connectivity index (χ4v) is 33.8. The summed E-state index contributed by atoms with van der Waals surface area (Å²) in [6.07, 6.45) is 14.6. The summed E-state index contributed by atoms with van der Waals surface area (Å²) in [7, 11) is -8.67. The van der Waals surface area contributed by atoms with Gasteiger partial charge in [0.1, 0.15) is 16.8 Å². The summed E-state index contributed by atoms with van der Waals surface area (Å²) < 4.78 is 39.5. The molecule has 0 radical (unpaired) electrons. The second-order valence-corrected chi connectivity index (χ2v) is 55.2. The molecule has 20 heteroatoms. The Kier molecular flexibility index (Phi) is 29.1. The van der Waals surface area contributed by atoms with E-state index in [-0.39, 0.29) is 75.6 Å². The molecule has 3 aliphatic heterocycles. The number of carbonyl (C=O) groups is 6. The predicted octanol–water partition coefficient (Wildman–Crippen LogP) is 20.1. The number of carbonyl (C=O) groups excluding carboxylic acids is 6. The van der Waals surface area contributed by atoms with Crippen LogP contribution in [-0.2, 0) is 41.9 Å². The van der Waals surface area contributed by atoms with Crippen molar-refractivity contribution in [2.75, 3.05) is 19.6 Å². The van der Waals surface area contributed by atoms with Crippen LogP contribution >= 0.6 is 0 Å². The zero-order valence-electron chi connectivity index (χ0n) is 78.2. The van der Waals surface area contributed by atoms with E-state index in [1.807, 2.05) is 117 Å². The molecule has 8 atom stereocenters. The number of nitrogens with zero attached hydrogens (tertiary/aromatic N) is 5. The zero-order valence-corrected chi connectivity index (χ0v) is 81.2. The smallest absolute Gasteiger partial charge is 0.416 e. The van der Waals surface area contributed by atoms with E-state index in [2.05, 4.69) is 265 Å². The second kappa shape index (κ2) is 37.3. The molecule has 2 fully saturated rings. The van der Waals surface area contributed by atoms with Crippen molar-refractivity contribution >= 4 is 91.7 Å². The first-order valence-corrected chi connectivity index (χ1v) is 50.0. The van der Waals surface area contributed by atoms with Gasteiger partial charge in [0.15, 0.2) is 17.3 Å². The molecule has 0 saturated carbocycles. The number of hydrogen-bond acceptors (Lipinski definition) is 12. The van der Waals surface area contributed by atoms with Gasteiger partial charge in [-0.3, -0.25) is 29.0 Å². The highest BCUT2D eigenvalue weighted by Crippen LogP contribution is 2.53. The van der Waals surface area contributed by atoms with E-state index in [4.69, 9.17) is 40.6 Å². The van der Waals surface area contributed by atoms with Gasteiger partial charge in [-0.1, -0.05) is 310 Å². The molecular formula is C104H137N5O12Si3. The maximum atomic E-state index is 13.6. The maximum Gasteiger partial charge on any atom is 0.416 e. The topological polar surface area (TPSA) is 176 Å². The monoisotopic (exact) mass is 1730 g/mol. The minimum Gasteiger partial charge on any atom is -0.444 e. The molecule has 2 saturated heterocycles. The Balaban J connectivity index is 0.000000195. The van der Waals surface area contributed by atoms with E-state index in [9.17, 15) is 28.8 Å². The van der Waals surface area contributed by atoms with E-state index < -0.39 is 93.3 Å². The highest BCUT2D eigenvalue weighted by molar-refractivity contribution is 7.01. The van der Waals surface area contributed by atoms with E-state index in [1.165, 1.54) is 31.1 Å². The first-order chi connectivity index (χ1) is 57.8. The lowest BCUT2D eigenvalue weighted by molar-refractivity contribution is -0.127. The van der Waals surface area contributed by atoms with Gasteiger partial charge < -0.3 is 27.5 Å². The molecule has 12 rings (SSSR count). The first-order valence-electron chi connectivity index (χ1n) is 44.3. The number of hydrogen-bond donors (Lipinski definition) is 0. The Morgan fingerprint density at radius 3 is 0.879 bits per heavy atom. The molecule has 0 bridgehead atoms. The van der Waals surface area contributed by atoms with Gasteiger partial charge in [0.2, 0.25) is 0 Å². The average molecular weight is 1730 g/mol. The minimum atomic E-state index is -2.91. The molecule has 124 heavy (non-hydrogen) atoms. The van der Waals surface area contributed by atoms with Gasteiger partial charge >= 0.3 is 29.6 Å². The quantitative estimate of drug-likeness (QED) is 0.0453. The highest BCUT2D eigenvalue weighted by atomic mass is 28.4. The summed E-state index contributed by atoms with van der Waals surface area (Å²) in [6, 6.07) is 63.1. The second-order valence-electron chi connectivity index (χ2n) is 42.4. The third kappa shape index (κ3) is 20.3. The normalized spacial score (nSPS) is 23.4. The van der Waals surface area contributed by atoms with Crippen LogP contribution in [0.5, 0.6) is 0 Å². The molecule has 3 aliphatic carbocycles. The average Bonchev–Trinajstić information content (AvgIpc) is 1.27. The predicted molar refractivity (Wildman–Crippen MR) is 504 cm³/mol. The Labute approximate surface area is 743 Å². The molecule has 0 N–H and O–H groups in total.